The van der Waals surface area contributed by atoms with Crippen molar-refractivity contribution in [1.82, 2.24) is 5.32 Å². The van der Waals surface area contributed by atoms with Gasteiger partial charge in [0, 0.05) is 19.0 Å². The molecule has 0 spiro atoms. The summed E-state index contributed by atoms with van der Waals surface area (Å²) in [5.41, 5.74) is 7.98. The smallest absolute Gasteiger partial charge is 0.224 e. The van der Waals surface area contributed by atoms with Gasteiger partial charge in [-0.3, -0.25) is 4.79 Å². The molecule has 19 heavy (non-hydrogen) atoms. The second kappa shape index (κ2) is 6.57. The van der Waals surface area contributed by atoms with E-state index in [4.69, 9.17) is 10.5 Å². The van der Waals surface area contributed by atoms with Crippen LogP contribution in [0.15, 0.2) is 18.2 Å². The van der Waals surface area contributed by atoms with Crippen molar-refractivity contribution < 1.29 is 9.53 Å². The Hall–Kier alpha value is -1.55. The fourth-order valence-corrected chi connectivity index (χ4v) is 2.18. The van der Waals surface area contributed by atoms with Crippen LogP contribution >= 0.6 is 0 Å². The van der Waals surface area contributed by atoms with Crippen LogP contribution in [-0.4, -0.2) is 25.6 Å². The average molecular weight is 262 g/mol. The van der Waals surface area contributed by atoms with Crippen LogP contribution in [0.1, 0.15) is 24.5 Å². The Bertz CT molecular complexity index is 446. The maximum Gasteiger partial charge on any atom is 0.224 e. The third-order valence-corrected chi connectivity index (χ3v) is 3.49. The summed E-state index contributed by atoms with van der Waals surface area (Å²) in [7, 11) is 0. The van der Waals surface area contributed by atoms with E-state index in [0.717, 1.165) is 31.6 Å². The van der Waals surface area contributed by atoms with Crippen molar-refractivity contribution in [3.63, 3.8) is 0 Å². The normalized spacial score (nSPS) is 15.3. The number of hydrogen-bond donors (Lipinski definition) is 2. The van der Waals surface area contributed by atoms with Gasteiger partial charge in [0.05, 0.1) is 6.61 Å². The first-order chi connectivity index (χ1) is 9.20. The van der Waals surface area contributed by atoms with Gasteiger partial charge in [-0.25, -0.2) is 0 Å². The van der Waals surface area contributed by atoms with E-state index < -0.39 is 0 Å². The number of hydrogen-bond acceptors (Lipinski definition) is 3. The highest BCUT2D eigenvalue weighted by molar-refractivity contribution is 5.78. The summed E-state index contributed by atoms with van der Waals surface area (Å²) in [6.07, 6.45) is 3.01. The van der Waals surface area contributed by atoms with E-state index in [-0.39, 0.29) is 11.8 Å². The van der Waals surface area contributed by atoms with Crippen molar-refractivity contribution in [2.75, 3.05) is 19.7 Å². The molecule has 4 heteroatoms. The Morgan fingerprint density at radius 2 is 2.37 bits per heavy atom. The number of carbonyl (C=O) groups excluding carboxylic acids is 1. The number of fused-ring (bicyclic) bond motifs is 1. The Balaban J connectivity index is 1.85. The predicted octanol–water partition coefficient (Wildman–Crippen LogP) is 1.27. The Labute approximate surface area is 114 Å². The van der Waals surface area contributed by atoms with Crippen LogP contribution in [-0.2, 0) is 17.6 Å². The molecule has 1 aromatic rings. The summed E-state index contributed by atoms with van der Waals surface area (Å²) in [6.45, 7) is 3.70. The van der Waals surface area contributed by atoms with E-state index in [2.05, 4.69) is 17.4 Å². The third kappa shape index (κ3) is 3.70. The zero-order chi connectivity index (χ0) is 13.7. The van der Waals surface area contributed by atoms with Crippen LogP contribution in [0, 0.1) is 5.92 Å². The number of aryl methyl sites for hydroxylation is 1. The number of amides is 1. The van der Waals surface area contributed by atoms with Crippen LogP contribution < -0.4 is 15.8 Å². The first-order valence-electron chi connectivity index (χ1n) is 6.93. The quantitative estimate of drug-likeness (QED) is 0.840. The van der Waals surface area contributed by atoms with Gasteiger partial charge in [0.2, 0.25) is 5.91 Å². The second-order valence-corrected chi connectivity index (χ2v) is 5.07. The van der Waals surface area contributed by atoms with Crippen molar-refractivity contribution >= 4 is 5.91 Å². The minimum absolute atomic E-state index is 0.0313. The van der Waals surface area contributed by atoms with Gasteiger partial charge in [-0.2, -0.15) is 0 Å². The molecule has 0 saturated carbocycles. The molecule has 0 saturated heterocycles. The van der Waals surface area contributed by atoms with Crippen LogP contribution in [0.3, 0.4) is 0 Å². The first kappa shape index (κ1) is 13.9. The summed E-state index contributed by atoms with van der Waals surface area (Å²) in [6, 6.07) is 6.30. The number of rotatable bonds is 5. The molecule has 0 aliphatic carbocycles. The molecule has 3 N–H and O–H groups in total. The van der Waals surface area contributed by atoms with Crippen LogP contribution in [0.4, 0.5) is 0 Å². The van der Waals surface area contributed by atoms with Gasteiger partial charge in [0.1, 0.15) is 5.75 Å². The Kier molecular flexibility index (Phi) is 4.80. The van der Waals surface area contributed by atoms with Gasteiger partial charge >= 0.3 is 0 Å². The number of carbonyl (C=O) groups is 1. The summed E-state index contributed by atoms with van der Waals surface area (Å²) < 4.78 is 5.58. The number of nitrogens with one attached hydrogen (secondary N) is 1. The van der Waals surface area contributed by atoms with Crippen LogP contribution in [0.2, 0.25) is 0 Å². The van der Waals surface area contributed by atoms with E-state index in [1.165, 1.54) is 11.1 Å². The molecule has 1 aromatic carbocycles. The van der Waals surface area contributed by atoms with Gasteiger partial charge in [-0.05, 0) is 36.5 Å². The fraction of sp³-hybridized carbons (Fsp3) is 0.533. The maximum absolute atomic E-state index is 11.6. The first-order valence-corrected chi connectivity index (χ1v) is 6.93. The zero-order valence-electron chi connectivity index (χ0n) is 11.4. The highest BCUT2D eigenvalue weighted by atomic mass is 16.5. The zero-order valence-corrected chi connectivity index (χ0v) is 11.4. The molecule has 2 rings (SSSR count). The molecule has 0 radical (unpaired) electrons. The molecule has 0 fully saturated rings. The summed E-state index contributed by atoms with van der Waals surface area (Å²) in [4.78, 5) is 11.6. The molecule has 1 aliphatic heterocycles. The lowest BCUT2D eigenvalue weighted by Crippen LogP contribution is -2.34. The monoisotopic (exact) mass is 262 g/mol. The Morgan fingerprint density at radius 3 is 3.16 bits per heavy atom. The summed E-state index contributed by atoms with van der Waals surface area (Å²) >= 11 is 0. The number of nitrogens with two attached hydrogens (primary N) is 1. The maximum atomic E-state index is 11.6. The molecular weight excluding hydrogens is 240 g/mol. The van der Waals surface area contributed by atoms with Gasteiger partial charge < -0.3 is 15.8 Å². The van der Waals surface area contributed by atoms with E-state index in [1.807, 2.05) is 13.0 Å². The predicted molar refractivity (Wildman–Crippen MR) is 75.2 cm³/mol. The Morgan fingerprint density at radius 1 is 1.53 bits per heavy atom. The van der Waals surface area contributed by atoms with Gasteiger partial charge in [-0.15, -0.1) is 0 Å². The fourth-order valence-electron chi connectivity index (χ4n) is 2.18. The molecule has 1 aliphatic rings. The highest BCUT2D eigenvalue weighted by Crippen LogP contribution is 2.25. The standard InChI is InChI=1S/C15H22N2O2/c1-11(10-16)15(18)17-7-6-12-4-5-14-13(9-12)3-2-8-19-14/h4-5,9,11H,2-3,6-8,10,16H2,1H3,(H,17,18). The molecule has 1 heterocycles. The summed E-state index contributed by atoms with van der Waals surface area (Å²) in [5, 5.41) is 2.91. The highest BCUT2D eigenvalue weighted by Gasteiger charge is 2.12. The molecule has 1 atom stereocenters. The van der Waals surface area contributed by atoms with Crippen molar-refractivity contribution in [3.05, 3.63) is 29.3 Å². The van der Waals surface area contributed by atoms with Gasteiger partial charge in [0.15, 0.2) is 0 Å². The van der Waals surface area contributed by atoms with E-state index >= 15 is 0 Å². The van der Waals surface area contributed by atoms with E-state index in [0.29, 0.717) is 13.1 Å². The SMILES string of the molecule is CC(CN)C(=O)NCCc1ccc2c(c1)CCCO2. The molecular formula is C15H22N2O2. The minimum atomic E-state index is -0.114. The largest absolute Gasteiger partial charge is 0.493 e. The van der Waals surface area contributed by atoms with Crippen molar-refractivity contribution in [1.29, 1.82) is 0 Å². The average Bonchev–Trinajstić information content (AvgIpc) is 2.46. The number of benzene rings is 1. The van der Waals surface area contributed by atoms with E-state index in [9.17, 15) is 4.79 Å². The molecule has 1 unspecified atom stereocenters. The molecule has 4 nitrogen and oxygen atoms in total. The van der Waals surface area contributed by atoms with E-state index in [1.54, 1.807) is 0 Å². The van der Waals surface area contributed by atoms with Crippen LogP contribution in [0.25, 0.3) is 0 Å². The lowest BCUT2D eigenvalue weighted by Gasteiger charge is -2.18. The topological polar surface area (TPSA) is 64.4 Å². The minimum Gasteiger partial charge on any atom is -0.493 e. The second-order valence-electron chi connectivity index (χ2n) is 5.07. The van der Waals surface area contributed by atoms with Crippen molar-refractivity contribution in [2.24, 2.45) is 11.7 Å². The lowest BCUT2D eigenvalue weighted by atomic mass is 10.0. The van der Waals surface area contributed by atoms with Gasteiger partial charge in [0.25, 0.3) is 0 Å². The van der Waals surface area contributed by atoms with Gasteiger partial charge in [-0.1, -0.05) is 19.1 Å². The van der Waals surface area contributed by atoms with Crippen LogP contribution in [0.5, 0.6) is 5.75 Å². The molecule has 104 valence electrons. The number of ether oxygens (including phenoxy) is 1. The molecule has 0 bridgehead atoms. The molecule has 1 amide bonds. The third-order valence-electron chi connectivity index (χ3n) is 3.49. The van der Waals surface area contributed by atoms with Crippen molar-refractivity contribution in [2.45, 2.75) is 26.2 Å². The molecule has 0 aromatic heterocycles. The van der Waals surface area contributed by atoms with Crippen molar-refractivity contribution in [3.8, 4) is 5.75 Å². The lowest BCUT2D eigenvalue weighted by molar-refractivity contribution is -0.124. The summed E-state index contributed by atoms with van der Waals surface area (Å²) in [5.74, 6) is 0.927.